The maximum atomic E-state index is 12.7. The van der Waals surface area contributed by atoms with Crippen LogP contribution in [-0.4, -0.2) is 24.1 Å². The van der Waals surface area contributed by atoms with E-state index in [2.05, 4.69) is 10.5 Å². The number of amides is 1. The number of nitrogens with zero attached hydrogens (tertiary/aromatic N) is 1. The number of benzene rings is 4. The molecule has 0 aliphatic heterocycles. The number of nitrogens with one attached hydrogen (secondary N) is 1. The van der Waals surface area contributed by atoms with E-state index in [9.17, 15) is 14.4 Å². The Morgan fingerprint density at radius 3 is 1.94 bits per heavy atom. The van der Waals surface area contributed by atoms with Gasteiger partial charge < -0.3 is 9.47 Å². The third-order valence-corrected chi connectivity index (χ3v) is 5.24. The highest BCUT2D eigenvalue weighted by atomic mass is 35.5. The molecule has 0 aliphatic carbocycles. The average molecular weight is 499 g/mol. The molecule has 0 atom stereocenters. The Morgan fingerprint density at radius 2 is 1.31 bits per heavy atom. The quantitative estimate of drug-likeness (QED) is 0.156. The molecule has 0 heterocycles. The molecule has 0 aliphatic rings. The number of ether oxygens (including phenoxy) is 2. The Morgan fingerprint density at radius 1 is 0.722 bits per heavy atom. The summed E-state index contributed by atoms with van der Waals surface area (Å²) in [4.78, 5) is 37.5. The fraction of sp³-hybridized carbons (Fsp3) is 0. The zero-order valence-corrected chi connectivity index (χ0v) is 19.5. The Bertz CT molecular complexity index is 1420. The van der Waals surface area contributed by atoms with E-state index in [1.54, 1.807) is 91.0 Å². The first-order valence-corrected chi connectivity index (χ1v) is 11.2. The van der Waals surface area contributed by atoms with E-state index < -0.39 is 17.8 Å². The van der Waals surface area contributed by atoms with E-state index in [0.717, 1.165) is 0 Å². The van der Waals surface area contributed by atoms with E-state index >= 15 is 0 Å². The summed E-state index contributed by atoms with van der Waals surface area (Å²) in [6, 6.07) is 27.9. The molecule has 36 heavy (non-hydrogen) atoms. The summed E-state index contributed by atoms with van der Waals surface area (Å²) in [7, 11) is 0. The van der Waals surface area contributed by atoms with Crippen molar-refractivity contribution in [3.63, 3.8) is 0 Å². The number of rotatable bonds is 7. The highest BCUT2D eigenvalue weighted by Crippen LogP contribution is 2.26. The van der Waals surface area contributed by atoms with Gasteiger partial charge in [0.05, 0.1) is 27.9 Å². The smallest absolute Gasteiger partial charge is 0.343 e. The highest BCUT2D eigenvalue weighted by Gasteiger charge is 2.15. The third-order valence-electron chi connectivity index (χ3n) is 4.91. The molecule has 8 heteroatoms. The van der Waals surface area contributed by atoms with Gasteiger partial charge in [-0.3, -0.25) is 4.79 Å². The van der Waals surface area contributed by atoms with Crippen LogP contribution in [0, 0.1) is 0 Å². The molecule has 4 aromatic carbocycles. The minimum Gasteiger partial charge on any atom is -0.423 e. The first-order chi connectivity index (χ1) is 17.5. The van der Waals surface area contributed by atoms with E-state index in [-0.39, 0.29) is 22.1 Å². The molecule has 0 unspecified atom stereocenters. The number of carbonyl (C=O) groups is 3. The maximum Gasteiger partial charge on any atom is 0.343 e. The molecule has 4 aromatic rings. The van der Waals surface area contributed by atoms with Crippen molar-refractivity contribution < 1.29 is 23.9 Å². The lowest BCUT2D eigenvalue weighted by Gasteiger charge is -2.10. The van der Waals surface area contributed by atoms with Gasteiger partial charge in [0.1, 0.15) is 11.5 Å². The molecule has 4 rings (SSSR count). The summed E-state index contributed by atoms with van der Waals surface area (Å²) in [5, 5.41) is 4.24. The van der Waals surface area contributed by atoms with Crippen LogP contribution in [0.3, 0.4) is 0 Å². The first-order valence-electron chi connectivity index (χ1n) is 10.8. The molecule has 0 bridgehead atoms. The lowest BCUT2D eigenvalue weighted by Crippen LogP contribution is -2.18. The summed E-state index contributed by atoms with van der Waals surface area (Å²) in [6.07, 6.45) is 1.31. The number of halogens is 1. The summed E-state index contributed by atoms with van der Waals surface area (Å²) in [5.74, 6) is -1.44. The molecular formula is C28H19ClN2O5. The van der Waals surface area contributed by atoms with Gasteiger partial charge in [-0.2, -0.15) is 5.10 Å². The molecule has 0 fully saturated rings. The largest absolute Gasteiger partial charge is 0.423 e. The number of carbonyl (C=O) groups excluding carboxylic acids is 3. The van der Waals surface area contributed by atoms with Crippen LogP contribution < -0.4 is 14.9 Å². The fourth-order valence-electron chi connectivity index (χ4n) is 3.11. The van der Waals surface area contributed by atoms with E-state index in [1.165, 1.54) is 18.3 Å². The Labute approximate surface area is 211 Å². The second-order valence-electron chi connectivity index (χ2n) is 7.39. The normalized spacial score (nSPS) is 10.6. The van der Waals surface area contributed by atoms with Gasteiger partial charge in [-0.05, 0) is 48.5 Å². The van der Waals surface area contributed by atoms with Gasteiger partial charge in [-0.25, -0.2) is 15.0 Å². The molecular weight excluding hydrogens is 480 g/mol. The number of hydrogen-bond donors (Lipinski definition) is 1. The minimum absolute atomic E-state index is 0.0814. The van der Waals surface area contributed by atoms with Crippen molar-refractivity contribution in [2.24, 2.45) is 5.10 Å². The third kappa shape index (κ3) is 6.22. The molecule has 178 valence electrons. The van der Waals surface area contributed by atoms with Gasteiger partial charge in [0, 0.05) is 11.6 Å². The molecule has 1 amide bonds. The zero-order chi connectivity index (χ0) is 25.3. The van der Waals surface area contributed by atoms with Gasteiger partial charge in [0.2, 0.25) is 0 Å². The molecule has 0 saturated heterocycles. The van der Waals surface area contributed by atoms with Crippen molar-refractivity contribution in [2.45, 2.75) is 0 Å². The number of hydrazone groups is 1. The lowest BCUT2D eigenvalue weighted by atomic mass is 10.2. The summed E-state index contributed by atoms with van der Waals surface area (Å²) < 4.78 is 11.0. The van der Waals surface area contributed by atoms with Gasteiger partial charge >= 0.3 is 11.9 Å². The van der Waals surface area contributed by atoms with Crippen LogP contribution >= 0.6 is 11.6 Å². The van der Waals surface area contributed by atoms with Crippen LogP contribution in [0.15, 0.2) is 108 Å². The standard InChI is InChI=1S/C28H19ClN2O5/c29-24-14-8-7-13-23(24)26(32)31-30-18-21-15-16-22(35-27(33)19-9-3-1-4-10-19)17-25(21)36-28(34)20-11-5-2-6-12-20/h1-18H,(H,31,32)/b30-18+. The number of esters is 2. The predicted molar refractivity (Wildman–Crippen MR) is 136 cm³/mol. The van der Waals surface area contributed by atoms with Crippen molar-refractivity contribution in [2.75, 3.05) is 0 Å². The topological polar surface area (TPSA) is 94.1 Å². The summed E-state index contributed by atoms with van der Waals surface area (Å²) in [6.45, 7) is 0. The summed E-state index contributed by atoms with van der Waals surface area (Å²) in [5.41, 5.74) is 3.71. The monoisotopic (exact) mass is 498 g/mol. The van der Waals surface area contributed by atoms with Crippen LogP contribution in [0.25, 0.3) is 0 Å². The van der Waals surface area contributed by atoms with Gasteiger partial charge in [-0.15, -0.1) is 0 Å². The molecule has 7 nitrogen and oxygen atoms in total. The maximum absolute atomic E-state index is 12.7. The molecule has 0 spiro atoms. The van der Waals surface area contributed by atoms with Crippen molar-refractivity contribution in [3.05, 3.63) is 130 Å². The van der Waals surface area contributed by atoms with Crippen molar-refractivity contribution >= 4 is 35.7 Å². The second-order valence-corrected chi connectivity index (χ2v) is 7.80. The van der Waals surface area contributed by atoms with Crippen molar-refractivity contribution in [3.8, 4) is 11.5 Å². The van der Waals surface area contributed by atoms with E-state index in [1.807, 2.05) is 0 Å². The van der Waals surface area contributed by atoms with Crippen LogP contribution in [0.4, 0.5) is 0 Å². The molecule has 0 saturated carbocycles. The van der Waals surface area contributed by atoms with E-state index in [4.69, 9.17) is 21.1 Å². The lowest BCUT2D eigenvalue weighted by molar-refractivity contribution is 0.0732. The molecule has 0 radical (unpaired) electrons. The Kier molecular flexibility index (Phi) is 7.85. The second kappa shape index (κ2) is 11.6. The van der Waals surface area contributed by atoms with Crippen molar-refractivity contribution in [1.82, 2.24) is 5.43 Å². The predicted octanol–water partition coefficient (Wildman–Crippen LogP) is 5.54. The molecule has 1 N–H and O–H groups in total. The number of hydrogen-bond acceptors (Lipinski definition) is 6. The van der Waals surface area contributed by atoms with Crippen LogP contribution in [0.5, 0.6) is 11.5 Å². The highest BCUT2D eigenvalue weighted by molar-refractivity contribution is 6.33. The van der Waals surface area contributed by atoms with Gasteiger partial charge in [-0.1, -0.05) is 60.1 Å². The summed E-state index contributed by atoms with van der Waals surface area (Å²) >= 11 is 6.05. The van der Waals surface area contributed by atoms with E-state index in [0.29, 0.717) is 16.7 Å². The Hall–Kier alpha value is -4.75. The Balaban J connectivity index is 1.56. The average Bonchev–Trinajstić information content (AvgIpc) is 2.91. The zero-order valence-electron chi connectivity index (χ0n) is 18.8. The fourth-order valence-corrected chi connectivity index (χ4v) is 3.33. The van der Waals surface area contributed by atoms with Crippen LogP contribution in [0.2, 0.25) is 5.02 Å². The SMILES string of the molecule is O=C(Oc1ccc(/C=N/NC(=O)c2ccccc2Cl)c(OC(=O)c2ccccc2)c1)c1ccccc1. The van der Waals surface area contributed by atoms with Gasteiger partial charge in [0.25, 0.3) is 5.91 Å². The minimum atomic E-state index is -0.614. The molecule has 0 aromatic heterocycles. The first kappa shape index (κ1) is 24.4. The van der Waals surface area contributed by atoms with Crippen LogP contribution in [0.1, 0.15) is 36.6 Å². The van der Waals surface area contributed by atoms with Crippen LogP contribution in [-0.2, 0) is 0 Å². The van der Waals surface area contributed by atoms with Gasteiger partial charge in [0.15, 0.2) is 0 Å². The van der Waals surface area contributed by atoms with Crippen molar-refractivity contribution in [1.29, 1.82) is 0 Å².